The lowest BCUT2D eigenvalue weighted by molar-refractivity contribution is -0.123. The first-order valence-corrected chi connectivity index (χ1v) is 11.6. The van der Waals surface area contributed by atoms with Gasteiger partial charge < -0.3 is 5.32 Å². The van der Waals surface area contributed by atoms with Crippen molar-refractivity contribution in [1.29, 1.82) is 0 Å². The van der Waals surface area contributed by atoms with E-state index >= 15 is 0 Å². The molecular weight excluding hydrogens is 420 g/mol. The molecule has 1 atom stereocenters. The standard InChI is InChI=1S/C21H24N4O3S2/c1-14-9-8-12-16(13-14)17(15-10-6-5-7-11-15)25-30(27,28)20-24-23-19(29-20)22-18(26)21(2,3)4/h5-13,17,25H,1-4H3,(H,22,23,26)/t17-/m0/s1. The summed E-state index contributed by atoms with van der Waals surface area (Å²) in [7, 11) is -3.98. The molecule has 0 radical (unpaired) electrons. The van der Waals surface area contributed by atoms with E-state index < -0.39 is 21.5 Å². The van der Waals surface area contributed by atoms with Gasteiger partial charge in [-0.05, 0) is 18.1 Å². The Hall–Kier alpha value is -2.62. The number of aromatic nitrogens is 2. The maximum absolute atomic E-state index is 13.1. The lowest BCUT2D eigenvalue weighted by atomic mass is 9.96. The van der Waals surface area contributed by atoms with Crippen LogP contribution in [0.15, 0.2) is 58.9 Å². The quantitative estimate of drug-likeness (QED) is 0.562. The van der Waals surface area contributed by atoms with Crippen LogP contribution in [0.5, 0.6) is 0 Å². The highest BCUT2D eigenvalue weighted by atomic mass is 32.2. The summed E-state index contributed by atoms with van der Waals surface area (Å²) >= 11 is 0.815. The van der Waals surface area contributed by atoms with E-state index in [1.54, 1.807) is 20.8 Å². The molecule has 0 aliphatic carbocycles. The molecule has 30 heavy (non-hydrogen) atoms. The van der Waals surface area contributed by atoms with Gasteiger partial charge in [0.1, 0.15) is 0 Å². The first-order chi connectivity index (χ1) is 14.1. The Labute approximate surface area is 180 Å². The average Bonchev–Trinajstić information content (AvgIpc) is 3.16. The van der Waals surface area contributed by atoms with Crippen molar-refractivity contribution >= 4 is 32.4 Å². The summed E-state index contributed by atoms with van der Waals surface area (Å²) in [6.07, 6.45) is 0. The number of carbonyl (C=O) groups is 1. The van der Waals surface area contributed by atoms with Crippen LogP contribution in [0.25, 0.3) is 0 Å². The zero-order chi connectivity index (χ0) is 21.9. The van der Waals surface area contributed by atoms with Gasteiger partial charge in [-0.25, -0.2) is 8.42 Å². The van der Waals surface area contributed by atoms with Crippen molar-refractivity contribution in [3.63, 3.8) is 0 Å². The first-order valence-electron chi connectivity index (χ1n) is 9.35. The molecule has 0 unspecified atom stereocenters. The molecule has 0 aliphatic heterocycles. The fraction of sp³-hybridized carbons (Fsp3) is 0.286. The lowest BCUT2D eigenvalue weighted by Gasteiger charge is -2.19. The highest BCUT2D eigenvalue weighted by Gasteiger charge is 2.28. The van der Waals surface area contributed by atoms with Gasteiger partial charge in [0, 0.05) is 5.41 Å². The highest BCUT2D eigenvalue weighted by molar-refractivity contribution is 7.91. The number of nitrogens with one attached hydrogen (secondary N) is 2. The van der Waals surface area contributed by atoms with E-state index in [2.05, 4.69) is 20.2 Å². The Morgan fingerprint density at radius 2 is 1.67 bits per heavy atom. The summed E-state index contributed by atoms with van der Waals surface area (Å²) in [5.74, 6) is -0.266. The summed E-state index contributed by atoms with van der Waals surface area (Å²) in [6, 6.07) is 16.4. The molecule has 3 aromatic rings. The van der Waals surface area contributed by atoms with Gasteiger partial charge in [-0.2, -0.15) is 4.72 Å². The molecule has 0 spiro atoms. The number of rotatable bonds is 6. The normalized spacial score (nSPS) is 13.1. The van der Waals surface area contributed by atoms with Crippen molar-refractivity contribution in [1.82, 2.24) is 14.9 Å². The molecule has 7 nitrogen and oxygen atoms in total. The van der Waals surface area contributed by atoms with Crippen LogP contribution in [0.4, 0.5) is 5.13 Å². The molecule has 0 saturated carbocycles. The fourth-order valence-corrected chi connectivity index (χ4v) is 4.81. The third kappa shape index (κ3) is 5.29. The highest BCUT2D eigenvalue weighted by Crippen LogP contribution is 2.28. The number of nitrogens with zero attached hydrogens (tertiary/aromatic N) is 2. The van der Waals surface area contributed by atoms with Crippen molar-refractivity contribution in [3.05, 3.63) is 71.3 Å². The van der Waals surface area contributed by atoms with E-state index in [0.29, 0.717) is 0 Å². The Bertz CT molecular complexity index is 1140. The van der Waals surface area contributed by atoms with Gasteiger partial charge >= 0.3 is 0 Å². The molecule has 0 fully saturated rings. The van der Waals surface area contributed by atoms with Crippen LogP contribution < -0.4 is 10.0 Å². The van der Waals surface area contributed by atoms with Crippen LogP contribution in [-0.2, 0) is 14.8 Å². The molecule has 3 rings (SSSR count). The van der Waals surface area contributed by atoms with Crippen LogP contribution in [0.3, 0.4) is 0 Å². The van der Waals surface area contributed by atoms with Crippen molar-refractivity contribution in [3.8, 4) is 0 Å². The summed E-state index contributed by atoms with van der Waals surface area (Å²) in [4.78, 5) is 12.1. The SMILES string of the molecule is Cc1cccc([C@@H](NS(=O)(=O)c2nnc(NC(=O)C(C)(C)C)s2)c2ccccc2)c1. The van der Waals surface area contributed by atoms with Gasteiger partial charge in [-0.1, -0.05) is 92.3 Å². The first kappa shape index (κ1) is 22.1. The van der Waals surface area contributed by atoms with Crippen LogP contribution in [0, 0.1) is 12.3 Å². The van der Waals surface area contributed by atoms with Crippen LogP contribution >= 0.6 is 11.3 Å². The zero-order valence-corrected chi connectivity index (χ0v) is 18.8. The minimum Gasteiger partial charge on any atom is -0.300 e. The number of aryl methyl sites for hydroxylation is 1. The Kier molecular flexibility index (Phi) is 6.35. The van der Waals surface area contributed by atoms with Crippen molar-refractivity contribution < 1.29 is 13.2 Å². The van der Waals surface area contributed by atoms with Crippen LogP contribution in [0.2, 0.25) is 0 Å². The Morgan fingerprint density at radius 1 is 1.00 bits per heavy atom. The summed E-state index contributed by atoms with van der Waals surface area (Å²) in [6.45, 7) is 7.23. The van der Waals surface area contributed by atoms with Gasteiger partial charge in [0.15, 0.2) is 0 Å². The number of benzene rings is 2. The van der Waals surface area contributed by atoms with Crippen molar-refractivity contribution in [2.45, 2.75) is 38.1 Å². The minimum absolute atomic E-state index is 0.141. The monoisotopic (exact) mass is 444 g/mol. The van der Waals surface area contributed by atoms with E-state index in [4.69, 9.17) is 0 Å². The number of hydrogen-bond acceptors (Lipinski definition) is 6. The number of carbonyl (C=O) groups excluding carboxylic acids is 1. The maximum atomic E-state index is 13.1. The van der Waals surface area contributed by atoms with Gasteiger partial charge in [-0.15, -0.1) is 10.2 Å². The minimum atomic E-state index is -3.98. The Balaban J connectivity index is 1.90. The predicted molar refractivity (Wildman–Crippen MR) is 118 cm³/mol. The molecule has 158 valence electrons. The van der Waals surface area contributed by atoms with Crippen LogP contribution in [0.1, 0.15) is 43.5 Å². The van der Waals surface area contributed by atoms with Gasteiger partial charge in [0.05, 0.1) is 6.04 Å². The fourth-order valence-electron chi connectivity index (χ4n) is 2.68. The second kappa shape index (κ2) is 8.63. The number of amides is 1. The molecule has 9 heteroatoms. The Morgan fingerprint density at radius 3 is 2.30 bits per heavy atom. The molecule has 2 aromatic carbocycles. The number of sulfonamides is 1. The molecule has 1 heterocycles. The predicted octanol–water partition coefficient (Wildman–Crippen LogP) is 3.90. The molecule has 1 aromatic heterocycles. The van der Waals surface area contributed by atoms with Crippen molar-refractivity contribution in [2.24, 2.45) is 5.41 Å². The molecular formula is C21H24N4O3S2. The maximum Gasteiger partial charge on any atom is 0.270 e. The second-order valence-corrected chi connectivity index (χ2v) is 10.8. The summed E-state index contributed by atoms with van der Waals surface area (Å²) in [5.41, 5.74) is 2.01. The molecule has 1 amide bonds. The van der Waals surface area contributed by atoms with Gasteiger partial charge in [-0.3, -0.25) is 4.79 Å². The van der Waals surface area contributed by atoms with E-state index in [9.17, 15) is 13.2 Å². The molecule has 0 aliphatic rings. The zero-order valence-electron chi connectivity index (χ0n) is 17.2. The molecule has 0 saturated heterocycles. The number of hydrogen-bond donors (Lipinski definition) is 2. The molecule has 0 bridgehead atoms. The third-order valence-electron chi connectivity index (χ3n) is 4.32. The smallest absolute Gasteiger partial charge is 0.270 e. The second-order valence-electron chi connectivity index (χ2n) is 7.96. The molecule has 2 N–H and O–H groups in total. The topological polar surface area (TPSA) is 101 Å². The van der Waals surface area contributed by atoms with Crippen LogP contribution in [-0.4, -0.2) is 24.5 Å². The summed E-state index contributed by atoms with van der Waals surface area (Å²) < 4.78 is 28.6. The van der Waals surface area contributed by atoms with E-state index in [1.807, 2.05) is 61.5 Å². The lowest BCUT2D eigenvalue weighted by Crippen LogP contribution is -2.29. The van der Waals surface area contributed by atoms with E-state index in [1.165, 1.54) is 0 Å². The average molecular weight is 445 g/mol. The van der Waals surface area contributed by atoms with Gasteiger partial charge in [0.25, 0.3) is 10.0 Å². The van der Waals surface area contributed by atoms with E-state index in [0.717, 1.165) is 28.0 Å². The van der Waals surface area contributed by atoms with Crippen molar-refractivity contribution in [2.75, 3.05) is 5.32 Å². The van der Waals surface area contributed by atoms with E-state index in [-0.39, 0.29) is 15.4 Å². The van der Waals surface area contributed by atoms with Gasteiger partial charge in [0.2, 0.25) is 15.4 Å². The largest absolute Gasteiger partial charge is 0.300 e. The summed E-state index contributed by atoms with van der Waals surface area (Å²) in [5, 5.41) is 10.4. The number of anilines is 1. The third-order valence-corrected chi connectivity index (χ3v) is 6.95.